The lowest BCUT2D eigenvalue weighted by Gasteiger charge is -2.38. The first-order chi connectivity index (χ1) is 9.85. The zero-order chi connectivity index (χ0) is 15.6. The Labute approximate surface area is 123 Å². The molecule has 0 amide bonds. The molecule has 0 unspecified atom stereocenters. The summed E-state index contributed by atoms with van der Waals surface area (Å²) in [5.41, 5.74) is 1.81. The fourth-order valence-electron chi connectivity index (χ4n) is 3.13. The SMILES string of the molecule is CCN(c1cccc(C(=O)O)c1C)C1CCC(F)(F)CC1. The number of hydrogen-bond donors (Lipinski definition) is 1. The third-order valence-corrected chi connectivity index (χ3v) is 4.31. The molecule has 5 heteroatoms. The third-order valence-electron chi connectivity index (χ3n) is 4.31. The molecule has 2 rings (SSSR count). The number of carboxylic acid groups (broad SMARTS) is 1. The van der Waals surface area contributed by atoms with Crippen LogP contribution in [-0.2, 0) is 0 Å². The van der Waals surface area contributed by atoms with E-state index in [1.165, 1.54) is 0 Å². The Morgan fingerprint density at radius 2 is 2.00 bits per heavy atom. The molecule has 1 fully saturated rings. The van der Waals surface area contributed by atoms with Crippen molar-refractivity contribution >= 4 is 11.7 Å². The van der Waals surface area contributed by atoms with E-state index in [2.05, 4.69) is 4.90 Å². The van der Waals surface area contributed by atoms with Crippen molar-refractivity contribution in [3.05, 3.63) is 29.3 Å². The predicted octanol–water partition coefficient (Wildman–Crippen LogP) is 4.10. The van der Waals surface area contributed by atoms with Crippen molar-refractivity contribution in [3.63, 3.8) is 0 Å². The van der Waals surface area contributed by atoms with Gasteiger partial charge in [-0.15, -0.1) is 0 Å². The Hall–Kier alpha value is -1.65. The minimum atomic E-state index is -2.55. The number of benzene rings is 1. The van der Waals surface area contributed by atoms with Crippen LogP contribution in [0.4, 0.5) is 14.5 Å². The molecule has 0 bridgehead atoms. The van der Waals surface area contributed by atoms with Crippen LogP contribution >= 0.6 is 0 Å². The number of carbonyl (C=O) groups is 1. The molecule has 0 atom stereocenters. The highest BCUT2D eigenvalue weighted by Gasteiger charge is 2.37. The van der Waals surface area contributed by atoms with Gasteiger partial charge in [0.05, 0.1) is 5.56 Å². The van der Waals surface area contributed by atoms with Crippen LogP contribution in [0.15, 0.2) is 18.2 Å². The monoisotopic (exact) mass is 297 g/mol. The minimum absolute atomic E-state index is 0.0531. The van der Waals surface area contributed by atoms with Crippen molar-refractivity contribution in [2.24, 2.45) is 0 Å². The second-order valence-corrected chi connectivity index (χ2v) is 5.63. The number of alkyl halides is 2. The molecule has 0 aliphatic heterocycles. The molecule has 3 nitrogen and oxygen atoms in total. The largest absolute Gasteiger partial charge is 0.478 e. The molecule has 0 aromatic heterocycles. The predicted molar refractivity (Wildman–Crippen MR) is 78.4 cm³/mol. The lowest BCUT2D eigenvalue weighted by atomic mass is 9.90. The molecule has 1 aliphatic rings. The van der Waals surface area contributed by atoms with Gasteiger partial charge < -0.3 is 10.0 Å². The summed E-state index contributed by atoms with van der Waals surface area (Å²) in [7, 11) is 0. The second-order valence-electron chi connectivity index (χ2n) is 5.63. The standard InChI is InChI=1S/C16H21F2NO2/c1-3-19(12-7-9-16(17,18)10-8-12)14-6-4-5-13(11(14)2)15(20)21/h4-6,12H,3,7-10H2,1-2H3,(H,20,21). The van der Waals surface area contributed by atoms with Crippen molar-refractivity contribution in [2.45, 2.75) is 51.5 Å². The van der Waals surface area contributed by atoms with Gasteiger partial charge in [0.25, 0.3) is 0 Å². The number of nitrogens with zero attached hydrogens (tertiary/aromatic N) is 1. The summed E-state index contributed by atoms with van der Waals surface area (Å²) in [5.74, 6) is -3.51. The molecule has 1 N–H and O–H groups in total. The summed E-state index contributed by atoms with van der Waals surface area (Å²) >= 11 is 0. The van der Waals surface area contributed by atoms with Gasteiger partial charge in [-0.05, 0) is 44.4 Å². The van der Waals surface area contributed by atoms with Crippen LogP contribution in [-0.4, -0.2) is 29.6 Å². The Balaban J connectivity index is 2.26. The number of carboxylic acids is 1. The van der Waals surface area contributed by atoms with E-state index in [1.807, 2.05) is 13.0 Å². The van der Waals surface area contributed by atoms with Crippen LogP contribution in [0.2, 0.25) is 0 Å². The zero-order valence-corrected chi connectivity index (χ0v) is 12.4. The molecule has 1 aromatic rings. The lowest BCUT2D eigenvalue weighted by Crippen LogP contribution is -2.41. The van der Waals surface area contributed by atoms with E-state index in [4.69, 9.17) is 0 Å². The number of anilines is 1. The van der Waals surface area contributed by atoms with Gasteiger partial charge in [0, 0.05) is 31.1 Å². The fourth-order valence-corrected chi connectivity index (χ4v) is 3.13. The van der Waals surface area contributed by atoms with Gasteiger partial charge in [-0.25, -0.2) is 13.6 Å². The summed E-state index contributed by atoms with van der Waals surface area (Å²) in [5, 5.41) is 9.21. The van der Waals surface area contributed by atoms with Gasteiger partial charge in [-0.2, -0.15) is 0 Å². The van der Waals surface area contributed by atoms with Gasteiger partial charge >= 0.3 is 5.97 Å². The maximum absolute atomic E-state index is 13.3. The zero-order valence-electron chi connectivity index (χ0n) is 12.4. The molecular formula is C16H21F2NO2. The molecule has 0 heterocycles. The Kier molecular flexibility index (Phi) is 4.49. The summed E-state index contributed by atoms with van der Waals surface area (Å²) in [6.07, 6.45) is 0.701. The van der Waals surface area contributed by atoms with Crippen LogP contribution < -0.4 is 4.90 Å². The van der Waals surface area contributed by atoms with Crippen molar-refractivity contribution in [1.29, 1.82) is 0 Å². The molecule has 116 valence electrons. The smallest absolute Gasteiger partial charge is 0.336 e. The van der Waals surface area contributed by atoms with Crippen LogP contribution in [0.25, 0.3) is 0 Å². The van der Waals surface area contributed by atoms with Crippen LogP contribution in [0.1, 0.15) is 48.5 Å². The van der Waals surface area contributed by atoms with Gasteiger partial charge in [0.15, 0.2) is 0 Å². The van der Waals surface area contributed by atoms with Gasteiger partial charge in [-0.1, -0.05) is 6.07 Å². The maximum atomic E-state index is 13.3. The number of halogens is 2. The van der Waals surface area contributed by atoms with E-state index in [0.29, 0.717) is 24.9 Å². The molecule has 1 aromatic carbocycles. The summed E-state index contributed by atoms with van der Waals surface area (Å²) in [6, 6.07) is 5.21. The quantitative estimate of drug-likeness (QED) is 0.909. The summed E-state index contributed by atoms with van der Waals surface area (Å²) in [6.45, 7) is 4.43. The number of hydrogen-bond acceptors (Lipinski definition) is 2. The highest BCUT2D eigenvalue weighted by Crippen LogP contribution is 2.37. The fraction of sp³-hybridized carbons (Fsp3) is 0.562. The second kappa shape index (κ2) is 6.00. The van der Waals surface area contributed by atoms with Crippen molar-refractivity contribution in [2.75, 3.05) is 11.4 Å². The van der Waals surface area contributed by atoms with Crippen molar-refractivity contribution in [3.8, 4) is 0 Å². The molecule has 1 aliphatic carbocycles. The average Bonchev–Trinajstić information content (AvgIpc) is 2.42. The normalized spacial score (nSPS) is 18.5. The maximum Gasteiger partial charge on any atom is 0.336 e. The Morgan fingerprint density at radius 3 is 2.52 bits per heavy atom. The summed E-state index contributed by atoms with van der Waals surface area (Å²) in [4.78, 5) is 13.3. The van der Waals surface area contributed by atoms with Crippen molar-refractivity contribution < 1.29 is 18.7 Å². The molecule has 0 saturated heterocycles. The first-order valence-electron chi connectivity index (χ1n) is 7.33. The molecule has 1 saturated carbocycles. The minimum Gasteiger partial charge on any atom is -0.478 e. The molecule has 0 spiro atoms. The van der Waals surface area contributed by atoms with E-state index in [-0.39, 0.29) is 24.4 Å². The summed E-state index contributed by atoms with van der Waals surface area (Å²) < 4.78 is 26.6. The van der Waals surface area contributed by atoms with E-state index in [1.54, 1.807) is 19.1 Å². The first-order valence-corrected chi connectivity index (χ1v) is 7.33. The van der Waals surface area contributed by atoms with Gasteiger partial charge in [0.1, 0.15) is 0 Å². The van der Waals surface area contributed by atoms with Crippen LogP contribution in [0.3, 0.4) is 0 Å². The van der Waals surface area contributed by atoms with E-state index in [0.717, 1.165) is 5.69 Å². The van der Waals surface area contributed by atoms with Crippen molar-refractivity contribution in [1.82, 2.24) is 0 Å². The Bertz CT molecular complexity index is 521. The molecule has 21 heavy (non-hydrogen) atoms. The third kappa shape index (κ3) is 3.34. The van der Waals surface area contributed by atoms with E-state index < -0.39 is 11.9 Å². The highest BCUT2D eigenvalue weighted by molar-refractivity contribution is 5.91. The lowest BCUT2D eigenvalue weighted by molar-refractivity contribution is -0.0380. The number of aromatic carboxylic acids is 1. The average molecular weight is 297 g/mol. The highest BCUT2D eigenvalue weighted by atomic mass is 19.3. The Morgan fingerprint density at radius 1 is 1.38 bits per heavy atom. The number of rotatable bonds is 4. The topological polar surface area (TPSA) is 40.5 Å². The van der Waals surface area contributed by atoms with E-state index in [9.17, 15) is 18.7 Å². The first kappa shape index (κ1) is 15.7. The molecule has 0 radical (unpaired) electrons. The van der Waals surface area contributed by atoms with E-state index >= 15 is 0 Å². The van der Waals surface area contributed by atoms with Crippen LogP contribution in [0, 0.1) is 6.92 Å². The molecular weight excluding hydrogens is 276 g/mol. The van der Waals surface area contributed by atoms with Gasteiger partial charge in [-0.3, -0.25) is 0 Å². The van der Waals surface area contributed by atoms with Gasteiger partial charge in [0.2, 0.25) is 5.92 Å². The van der Waals surface area contributed by atoms with Crippen LogP contribution in [0.5, 0.6) is 0 Å².